The fourth-order valence-electron chi connectivity index (χ4n) is 4.83. The molecule has 0 spiro atoms. The fraction of sp³-hybridized carbons (Fsp3) is 0.276. The van der Waals surface area contributed by atoms with Gasteiger partial charge < -0.3 is 14.7 Å². The third-order valence-electron chi connectivity index (χ3n) is 7.08. The van der Waals surface area contributed by atoms with E-state index in [9.17, 15) is 23.1 Å². The highest BCUT2D eigenvalue weighted by Crippen LogP contribution is 2.35. The van der Waals surface area contributed by atoms with Gasteiger partial charge in [-0.25, -0.2) is 4.98 Å². The lowest BCUT2D eigenvalue weighted by Gasteiger charge is -2.26. The number of aromatic amines is 1. The predicted molar refractivity (Wildman–Crippen MR) is 145 cm³/mol. The molecule has 1 aromatic carbocycles. The molecule has 0 fully saturated rings. The largest absolute Gasteiger partial charge is 0.435 e. The minimum atomic E-state index is -4.77. The smallest absolute Gasteiger partial charge is 0.372 e. The van der Waals surface area contributed by atoms with Crippen molar-refractivity contribution < 1.29 is 18.3 Å². The van der Waals surface area contributed by atoms with Crippen molar-refractivity contribution in [3.63, 3.8) is 0 Å². The summed E-state index contributed by atoms with van der Waals surface area (Å²) < 4.78 is 44.7. The van der Waals surface area contributed by atoms with E-state index in [0.29, 0.717) is 12.2 Å². The summed E-state index contributed by atoms with van der Waals surface area (Å²) in [6.07, 6.45) is -0.0749. The molecule has 0 aliphatic heterocycles. The normalized spacial score (nSPS) is 13.6. The number of fused-ring (bicyclic) bond motifs is 1. The molecule has 1 atom stereocenters. The molecule has 0 bridgehead atoms. The van der Waals surface area contributed by atoms with Gasteiger partial charge >= 0.3 is 6.18 Å². The van der Waals surface area contributed by atoms with Gasteiger partial charge in [0.2, 0.25) is 0 Å². The molecule has 208 valence electrons. The zero-order chi connectivity index (χ0) is 28.7. The van der Waals surface area contributed by atoms with E-state index in [1.807, 2.05) is 32.0 Å². The third kappa shape index (κ3) is 5.56. The number of aromatic nitrogens is 5. The lowest BCUT2D eigenvalue weighted by molar-refractivity contribution is -0.144. The summed E-state index contributed by atoms with van der Waals surface area (Å²) >= 11 is 0. The number of aliphatic hydroxyl groups is 1. The van der Waals surface area contributed by atoms with Crippen molar-refractivity contribution in [1.29, 1.82) is 0 Å². The quantitative estimate of drug-likeness (QED) is 0.245. The molecule has 0 aliphatic carbocycles. The molecule has 3 N–H and O–H groups in total. The van der Waals surface area contributed by atoms with Crippen LogP contribution in [0.1, 0.15) is 46.1 Å². The number of aryl methyl sites for hydroxylation is 2. The first-order chi connectivity index (χ1) is 18.9. The van der Waals surface area contributed by atoms with Gasteiger partial charge in [-0.05, 0) is 55.2 Å². The standard InChI is InChI=1S/C29H29F3N6O2/c1-18-22-11-12-33-27(22)35-19(2)23(18)14-34-28(3,40)24-17-38(36-26(24)29(30,31)32)16-21-9-7-20(8-10-21)15-37-13-5-4-6-25(37)39/h4-13,17,34,40H,14-16H2,1-3H3,(H,33,35). The summed E-state index contributed by atoms with van der Waals surface area (Å²) in [5.41, 5.74) is 1.09. The van der Waals surface area contributed by atoms with Crippen molar-refractivity contribution >= 4 is 11.0 Å². The highest BCUT2D eigenvalue weighted by atomic mass is 19.4. The number of nitrogens with zero attached hydrogens (tertiary/aromatic N) is 4. The highest BCUT2D eigenvalue weighted by Gasteiger charge is 2.42. The molecule has 11 heteroatoms. The second-order valence-corrected chi connectivity index (χ2v) is 10.0. The molecule has 4 heterocycles. The molecule has 0 saturated heterocycles. The van der Waals surface area contributed by atoms with Gasteiger partial charge in [0.1, 0.15) is 11.4 Å². The number of hydrogen-bond donors (Lipinski definition) is 3. The number of H-pyrrole nitrogens is 1. The lowest BCUT2D eigenvalue weighted by Crippen LogP contribution is -2.40. The summed E-state index contributed by atoms with van der Waals surface area (Å²) in [6.45, 7) is 5.58. The van der Waals surface area contributed by atoms with Crippen LogP contribution >= 0.6 is 0 Å². The number of benzene rings is 1. The van der Waals surface area contributed by atoms with Crippen molar-refractivity contribution in [2.24, 2.45) is 0 Å². The first-order valence-corrected chi connectivity index (χ1v) is 12.7. The molecule has 40 heavy (non-hydrogen) atoms. The Morgan fingerprint density at radius 2 is 1.73 bits per heavy atom. The van der Waals surface area contributed by atoms with Gasteiger partial charge in [0.15, 0.2) is 5.69 Å². The molecule has 0 radical (unpaired) electrons. The molecule has 4 aromatic heterocycles. The van der Waals surface area contributed by atoms with E-state index < -0.39 is 17.6 Å². The minimum Gasteiger partial charge on any atom is -0.372 e. The maximum Gasteiger partial charge on any atom is 0.435 e. The van der Waals surface area contributed by atoms with E-state index in [4.69, 9.17) is 0 Å². The first kappa shape index (κ1) is 27.4. The van der Waals surface area contributed by atoms with E-state index in [0.717, 1.165) is 33.3 Å². The summed E-state index contributed by atoms with van der Waals surface area (Å²) in [5, 5.41) is 18.8. The Bertz CT molecular complexity index is 1710. The minimum absolute atomic E-state index is 0.0665. The van der Waals surface area contributed by atoms with E-state index >= 15 is 0 Å². The SMILES string of the molecule is Cc1nc2[nH]ccc2c(C)c1CNC(C)(O)c1cn(Cc2ccc(Cn3ccccc3=O)cc2)nc1C(F)(F)F. The number of alkyl halides is 3. The second-order valence-electron chi connectivity index (χ2n) is 10.0. The van der Waals surface area contributed by atoms with Crippen molar-refractivity contribution in [3.8, 4) is 0 Å². The first-order valence-electron chi connectivity index (χ1n) is 12.7. The maximum absolute atomic E-state index is 14.0. The summed E-state index contributed by atoms with van der Waals surface area (Å²) in [6, 6.07) is 14.0. The monoisotopic (exact) mass is 550 g/mol. The molecule has 0 amide bonds. The number of hydrogen-bond acceptors (Lipinski definition) is 5. The van der Waals surface area contributed by atoms with E-state index in [1.54, 1.807) is 41.2 Å². The molecule has 8 nitrogen and oxygen atoms in total. The zero-order valence-electron chi connectivity index (χ0n) is 22.3. The number of nitrogens with one attached hydrogen (secondary N) is 2. The van der Waals surface area contributed by atoms with Crippen LogP contribution in [0.3, 0.4) is 0 Å². The average Bonchev–Trinajstić information content (AvgIpc) is 3.54. The van der Waals surface area contributed by atoms with Gasteiger partial charge in [-0.15, -0.1) is 0 Å². The Hall–Kier alpha value is -4.22. The van der Waals surface area contributed by atoms with Crippen LogP contribution in [0.2, 0.25) is 0 Å². The van der Waals surface area contributed by atoms with Crippen LogP contribution in [0.15, 0.2) is 71.9 Å². The fourth-order valence-corrected chi connectivity index (χ4v) is 4.83. The number of rotatable bonds is 8. The van der Waals surface area contributed by atoms with Crippen molar-refractivity contribution in [1.82, 2.24) is 29.6 Å². The van der Waals surface area contributed by atoms with Gasteiger partial charge in [0.05, 0.1) is 13.1 Å². The van der Waals surface area contributed by atoms with Crippen molar-refractivity contribution in [2.75, 3.05) is 0 Å². The lowest BCUT2D eigenvalue weighted by atomic mass is 10.0. The topological polar surface area (TPSA) is 101 Å². The van der Waals surface area contributed by atoms with Gasteiger partial charge in [-0.1, -0.05) is 30.3 Å². The van der Waals surface area contributed by atoms with Crippen LogP contribution in [0.5, 0.6) is 0 Å². The van der Waals surface area contributed by atoms with Crippen LogP contribution in [-0.4, -0.2) is 29.4 Å². The summed E-state index contributed by atoms with van der Waals surface area (Å²) in [4.78, 5) is 19.5. The van der Waals surface area contributed by atoms with Gasteiger partial charge in [-0.2, -0.15) is 18.3 Å². The average molecular weight is 551 g/mol. The second kappa shape index (κ2) is 10.4. The Labute approximate surface area is 228 Å². The van der Waals surface area contributed by atoms with Crippen molar-refractivity contribution in [3.05, 3.63) is 117 Å². The Morgan fingerprint density at radius 3 is 2.40 bits per heavy atom. The Kier molecular flexibility index (Phi) is 7.11. The van der Waals surface area contributed by atoms with Crippen LogP contribution < -0.4 is 10.9 Å². The Balaban J connectivity index is 1.36. The molecule has 0 saturated carbocycles. The summed E-state index contributed by atoms with van der Waals surface area (Å²) in [5.74, 6) is 0. The Morgan fingerprint density at radius 1 is 1.02 bits per heavy atom. The van der Waals surface area contributed by atoms with E-state index in [-0.39, 0.29) is 24.2 Å². The van der Waals surface area contributed by atoms with Crippen LogP contribution in [0.25, 0.3) is 11.0 Å². The van der Waals surface area contributed by atoms with Gasteiger partial charge in [0, 0.05) is 47.8 Å². The van der Waals surface area contributed by atoms with Crippen molar-refractivity contribution in [2.45, 2.75) is 52.3 Å². The highest BCUT2D eigenvalue weighted by molar-refractivity contribution is 5.80. The number of halogens is 3. The maximum atomic E-state index is 14.0. The number of pyridine rings is 2. The summed E-state index contributed by atoms with van der Waals surface area (Å²) in [7, 11) is 0. The molecule has 0 aliphatic rings. The molecule has 1 unspecified atom stereocenters. The van der Waals surface area contributed by atoms with E-state index in [2.05, 4.69) is 20.4 Å². The zero-order valence-corrected chi connectivity index (χ0v) is 22.3. The molecular weight excluding hydrogens is 521 g/mol. The van der Waals surface area contributed by atoms with E-state index in [1.165, 1.54) is 23.9 Å². The van der Waals surface area contributed by atoms with Gasteiger partial charge in [-0.3, -0.25) is 14.8 Å². The third-order valence-corrected chi connectivity index (χ3v) is 7.08. The molecular formula is C29H29F3N6O2. The molecule has 5 rings (SSSR count). The van der Waals surface area contributed by atoms with Crippen LogP contribution in [0.4, 0.5) is 13.2 Å². The van der Waals surface area contributed by atoms with Gasteiger partial charge in [0.25, 0.3) is 5.56 Å². The predicted octanol–water partition coefficient (Wildman–Crippen LogP) is 4.61. The van der Waals surface area contributed by atoms with Crippen LogP contribution in [-0.2, 0) is 31.5 Å². The molecule has 5 aromatic rings. The van der Waals surface area contributed by atoms with Crippen LogP contribution in [0, 0.1) is 13.8 Å².